The Bertz CT molecular complexity index is 801. The minimum absolute atomic E-state index is 0.0952. The molecule has 0 aliphatic heterocycles. The third-order valence-electron chi connectivity index (χ3n) is 4.07. The highest BCUT2D eigenvalue weighted by atomic mass is 32.2. The fourth-order valence-corrected chi connectivity index (χ4v) is 3.39. The maximum Gasteiger partial charge on any atom is 0.460 e. The summed E-state index contributed by atoms with van der Waals surface area (Å²) >= 11 is 0.732. The molecule has 0 radical (unpaired) electrons. The van der Waals surface area contributed by atoms with Crippen LogP contribution in [0.1, 0.15) is 12.0 Å². The quantitative estimate of drug-likeness (QED) is 0.300. The first-order valence-corrected chi connectivity index (χ1v) is 9.37. The van der Waals surface area contributed by atoms with Crippen molar-refractivity contribution in [2.45, 2.75) is 36.1 Å². The molecule has 0 nitrogen and oxygen atoms in total. The van der Waals surface area contributed by atoms with Crippen molar-refractivity contribution in [3.8, 4) is 11.1 Å². The molecule has 0 N–H and O–H groups in total. The van der Waals surface area contributed by atoms with Crippen LogP contribution in [0.25, 0.3) is 11.1 Å². The predicted molar refractivity (Wildman–Crippen MR) is 93.6 cm³/mol. The van der Waals surface area contributed by atoms with Gasteiger partial charge < -0.3 is 0 Å². The molecule has 0 aliphatic rings. The molecule has 2 rings (SSSR count). The largest absolute Gasteiger partial charge is 0.460 e. The summed E-state index contributed by atoms with van der Waals surface area (Å²) in [6.45, 7) is 0. The smallest absolute Gasteiger partial charge is 0.200 e. The number of rotatable bonds is 8. The van der Waals surface area contributed by atoms with Crippen molar-refractivity contribution in [1.29, 1.82) is 0 Å². The molecular formula is C19H15F9S. The summed E-state index contributed by atoms with van der Waals surface area (Å²) in [5.74, 6) is -19.5. The second kappa shape index (κ2) is 8.49. The van der Waals surface area contributed by atoms with Gasteiger partial charge in [0.1, 0.15) is 0 Å². The third kappa shape index (κ3) is 5.02. The highest BCUT2D eigenvalue weighted by Crippen LogP contribution is 2.54. The first kappa shape index (κ1) is 23.4. The number of hydrogen-bond donors (Lipinski definition) is 0. The summed E-state index contributed by atoms with van der Waals surface area (Å²) in [5.41, 5.74) is 2.37. The molecule has 0 amide bonds. The lowest BCUT2D eigenvalue weighted by atomic mass is 10.0. The average molecular weight is 446 g/mol. The van der Waals surface area contributed by atoms with Crippen molar-refractivity contribution < 1.29 is 39.5 Å². The fourth-order valence-electron chi connectivity index (χ4n) is 2.43. The van der Waals surface area contributed by atoms with Crippen LogP contribution >= 0.6 is 11.8 Å². The van der Waals surface area contributed by atoms with Gasteiger partial charge in [0, 0.05) is 12.2 Å². The van der Waals surface area contributed by atoms with Crippen LogP contribution in [-0.4, -0.2) is 29.7 Å². The van der Waals surface area contributed by atoms with Crippen LogP contribution in [0.5, 0.6) is 0 Å². The zero-order valence-electron chi connectivity index (χ0n) is 14.6. The maximum absolute atomic E-state index is 13.5. The Labute approximate surface area is 165 Å². The van der Waals surface area contributed by atoms with Crippen LogP contribution < -0.4 is 0 Å². The van der Waals surface area contributed by atoms with Gasteiger partial charge in [0.05, 0.1) is 0 Å². The van der Waals surface area contributed by atoms with Gasteiger partial charge in [-0.25, -0.2) is 0 Å². The molecule has 2 aromatic carbocycles. The topological polar surface area (TPSA) is 0 Å². The van der Waals surface area contributed by atoms with E-state index in [1.807, 2.05) is 30.3 Å². The number of halogens is 9. The van der Waals surface area contributed by atoms with Gasteiger partial charge in [-0.1, -0.05) is 54.6 Å². The van der Waals surface area contributed by atoms with E-state index in [4.69, 9.17) is 0 Å². The van der Waals surface area contributed by atoms with E-state index >= 15 is 0 Å². The summed E-state index contributed by atoms with van der Waals surface area (Å²) in [4.78, 5) is 0. The molecule has 0 bridgehead atoms. The normalized spacial score (nSPS) is 13.6. The Hall–Kier alpha value is -1.84. The van der Waals surface area contributed by atoms with Gasteiger partial charge in [-0.15, -0.1) is 0 Å². The molecule has 0 spiro atoms. The number of hydrogen-bond acceptors (Lipinski definition) is 1. The van der Waals surface area contributed by atoms with E-state index in [0.717, 1.165) is 22.9 Å². The predicted octanol–water partition coefficient (Wildman–Crippen LogP) is 7.45. The standard InChI is InChI=1S/C19H15F9S/c20-16(21,17(22,23)18(24,25)19(26,27)28)9-10-29-12-13-5-4-8-15(11-13)14-6-2-1-3-7-14/h1-8,11H,9-10,12H2. The lowest BCUT2D eigenvalue weighted by Gasteiger charge is -2.33. The van der Waals surface area contributed by atoms with Crippen molar-refractivity contribution in [2.75, 3.05) is 5.75 Å². The molecule has 0 aromatic heterocycles. The Morgan fingerprint density at radius 1 is 0.655 bits per heavy atom. The number of alkyl halides is 9. The number of thioether (sulfide) groups is 1. The Morgan fingerprint density at radius 3 is 1.83 bits per heavy atom. The minimum atomic E-state index is -6.84. The highest BCUT2D eigenvalue weighted by Gasteiger charge is 2.81. The highest BCUT2D eigenvalue weighted by molar-refractivity contribution is 7.98. The molecular weight excluding hydrogens is 431 g/mol. The molecule has 0 aliphatic carbocycles. The first-order valence-electron chi connectivity index (χ1n) is 8.22. The van der Waals surface area contributed by atoms with Crippen molar-refractivity contribution in [2.24, 2.45) is 0 Å². The molecule has 2 aromatic rings. The van der Waals surface area contributed by atoms with Crippen LogP contribution in [0.15, 0.2) is 54.6 Å². The van der Waals surface area contributed by atoms with Gasteiger partial charge in [0.15, 0.2) is 0 Å². The number of benzene rings is 2. The third-order valence-corrected chi connectivity index (χ3v) is 5.10. The average Bonchev–Trinajstić information content (AvgIpc) is 2.65. The van der Waals surface area contributed by atoms with Gasteiger partial charge in [0.2, 0.25) is 0 Å². The van der Waals surface area contributed by atoms with E-state index in [9.17, 15) is 39.5 Å². The molecule has 0 saturated heterocycles. The fraction of sp³-hybridized carbons (Fsp3) is 0.368. The molecule has 10 heteroatoms. The van der Waals surface area contributed by atoms with Crippen LogP contribution in [0, 0.1) is 0 Å². The maximum atomic E-state index is 13.5. The molecule has 160 valence electrons. The SMILES string of the molecule is FC(F)(F)C(F)(F)C(F)(F)C(F)(F)CCSCc1cccc(-c2ccccc2)c1. The van der Waals surface area contributed by atoms with Crippen LogP contribution in [-0.2, 0) is 5.75 Å². The van der Waals surface area contributed by atoms with E-state index in [0.29, 0.717) is 5.56 Å². The zero-order valence-corrected chi connectivity index (χ0v) is 15.4. The lowest BCUT2D eigenvalue weighted by molar-refractivity contribution is -0.396. The van der Waals surface area contributed by atoms with E-state index in [-0.39, 0.29) is 5.75 Å². The molecule has 0 saturated carbocycles. The van der Waals surface area contributed by atoms with Gasteiger partial charge in [0.25, 0.3) is 0 Å². The minimum Gasteiger partial charge on any atom is -0.200 e. The van der Waals surface area contributed by atoms with Crippen LogP contribution in [0.2, 0.25) is 0 Å². The van der Waals surface area contributed by atoms with Crippen molar-refractivity contribution in [3.05, 3.63) is 60.2 Å². The summed E-state index contributed by atoms with van der Waals surface area (Å²) in [6, 6.07) is 16.0. The molecule has 0 atom stereocenters. The van der Waals surface area contributed by atoms with Crippen LogP contribution in [0.4, 0.5) is 39.5 Å². The van der Waals surface area contributed by atoms with Crippen molar-refractivity contribution >= 4 is 11.8 Å². The van der Waals surface area contributed by atoms with Crippen molar-refractivity contribution in [3.63, 3.8) is 0 Å². The summed E-state index contributed by atoms with van der Waals surface area (Å²) < 4.78 is 115. The van der Waals surface area contributed by atoms with Crippen LogP contribution in [0.3, 0.4) is 0 Å². The Kier molecular flexibility index (Phi) is 6.86. The molecule has 29 heavy (non-hydrogen) atoms. The summed E-state index contributed by atoms with van der Waals surface area (Å²) in [6.07, 6.45) is -8.61. The second-order valence-corrected chi connectivity index (χ2v) is 7.33. The Balaban J connectivity index is 1.98. The molecule has 0 heterocycles. The zero-order chi connectivity index (χ0) is 21.9. The lowest BCUT2D eigenvalue weighted by Crippen LogP contribution is -2.60. The van der Waals surface area contributed by atoms with Gasteiger partial charge in [-0.3, -0.25) is 0 Å². The van der Waals surface area contributed by atoms with E-state index in [1.54, 1.807) is 24.3 Å². The molecule has 0 unspecified atom stereocenters. The van der Waals surface area contributed by atoms with Crippen molar-refractivity contribution in [1.82, 2.24) is 0 Å². The molecule has 0 fully saturated rings. The van der Waals surface area contributed by atoms with Gasteiger partial charge >= 0.3 is 23.9 Å². The Morgan fingerprint density at radius 2 is 1.24 bits per heavy atom. The van der Waals surface area contributed by atoms with E-state index < -0.39 is 36.1 Å². The summed E-state index contributed by atoms with van der Waals surface area (Å²) in [7, 11) is 0. The van der Waals surface area contributed by atoms with Gasteiger partial charge in [-0.05, 0) is 22.4 Å². The van der Waals surface area contributed by atoms with E-state index in [1.165, 1.54) is 0 Å². The van der Waals surface area contributed by atoms with E-state index in [2.05, 4.69) is 0 Å². The first-order chi connectivity index (χ1) is 13.3. The second-order valence-electron chi connectivity index (χ2n) is 6.22. The summed E-state index contributed by atoms with van der Waals surface area (Å²) in [5, 5.41) is 0. The monoisotopic (exact) mass is 446 g/mol. The van der Waals surface area contributed by atoms with Gasteiger partial charge in [-0.2, -0.15) is 51.3 Å².